The lowest BCUT2D eigenvalue weighted by atomic mass is 10.3. The molecule has 1 aliphatic rings. The highest BCUT2D eigenvalue weighted by Crippen LogP contribution is 2.16. The van der Waals surface area contributed by atoms with E-state index in [0.717, 1.165) is 58.2 Å². The Labute approximate surface area is 182 Å². The van der Waals surface area contributed by atoms with Crippen molar-refractivity contribution in [2.75, 3.05) is 62.2 Å². The third-order valence-corrected chi connectivity index (χ3v) is 5.41. The Morgan fingerprint density at radius 2 is 1.83 bits per heavy atom. The molecule has 3 rings (SSSR count). The maximum Gasteiger partial charge on any atom is 0.271 e. The number of piperazine rings is 1. The average molecular weight is 433 g/mol. The molecule has 0 bridgehead atoms. The zero-order valence-electron chi connectivity index (χ0n) is 17.6. The van der Waals surface area contributed by atoms with E-state index >= 15 is 0 Å². The van der Waals surface area contributed by atoms with Gasteiger partial charge in [0.05, 0.1) is 11.2 Å². The summed E-state index contributed by atoms with van der Waals surface area (Å²) in [6.45, 7) is 10.8. The molecule has 1 N–H and O–H groups in total. The summed E-state index contributed by atoms with van der Waals surface area (Å²) in [6, 6.07) is 1.83. The van der Waals surface area contributed by atoms with Crippen LogP contribution in [0.25, 0.3) is 0 Å². The second-order valence-electron chi connectivity index (χ2n) is 7.03. The molecule has 0 unspecified atom stereocenters. The highest BCUT2D eigenvalue weighted by Gasteiger charge is 2.19. The Hall–Kier alpha value is -2.52. The van der Waals surface area contributed by atoms with Gasteiger partial charge in [-0.3, -0.25) is 9.69 Å². The van der Waals surface area contributed by atoms with Gasteiger partial charge in [-0.15, -0.1) is 0 Å². The van der Waals surface area contributed by atoms with Crippen LogP contribution in [-0.4, -0.2) is 83.1 Å². The molecule has 0 radical (unpaired) electrons. The highest BCUT2D eigenvalue weighted by molar-refractivity contribution is 6.33. The maximum atomic E-state index is 12.5. The summed E-state index contributed by atoms with van der Waals surface area (Å²) in [5.41, 5.74) is 0.227. The molecule has 0 aromatic carbocycles. The van der Waals surface area contributed by atoms with Crippen molar-refractivity contribution < 1.29 is 4.79 Å². The molecule has 9 nitrogen and oxygen atoms in total. The lowest BCUT2D eigenvalue weighted by Gasteiger charge is -2.34. The molecule has 0 saturated carbocycles. The molecule has 2 aromatic rings. The maximum absolute atomic E-state index is 12.5. The van der Waals surface area contributed by atoms with Crippen LogP contribution in [0, 0.1) is 0 Å². The van der Waals surface area contributed by atoms with Gasteiger partial charge in [-0.25, -0.2) is 19.9 Å². The van der Waals surface area contributed by atoms with Gasteiger partial charge in [0.15, 0.2) is 5.69 Å². The van der Waals surface area contributed by atoms with Crippen molar-refractivity contribution in [3.63, 3.8) is 0 Å². The Balaban J connectivity index is 1.42. The van der Waals surface area contributed by atoms with E-state index in [4.69, 9.17) is 11.6 Å². The summed E-state index contributed by atoms with van der Waals surface area (Å²) in [4.78, 5) is 36.3. The number of hydrogen-bond acceptors (Lipinski definition) is 8. The summed E-state index contributed by atoms with van der Waals surface area (Å²) in [7, 11) is 0. The highest BCUT2D eigenvalue weighted by atomic mass is 35.5. The summed E-state index contributed by atoms with van der Waals surface area (Å²) in [6.07, 6.45) is 5.89. The third kappa shape index (κ3) is 5.76. The SMILES string of the molecule is CCN(CC)c1ncc(Cl)c(C(=O)NCCCN2CCN(c3ncccn3)CC2)n1. The number of aromatic nitrogens is 4. The fraction of sp³-hybridized carbons (Fsp3) is 0.550. The van der Waals surface area contributed by atoms with Crippen LogP contribution in [0.2, 0.25) is 5.02 Å². The lowest BCUT2D eigenvalue weighted by molar-refractivity contribution is 0.0946. The molecule has 1 amide bonds. The molecule has 162 valence electrons. The molecule has 1 aliphatic heterocycles. The van der Waals surface area contributed by atoms with Crippen molar-refractivity contribution in [3.05, 3.63) is 35.4 Å². The Kier molecular flexibility index (Phi) is 8.15. The number of halogens is 1. The minimum Gasteiger partial charge on any atom is -0.351 e. The van der Waals surface area contributed by atoms with Crippen molar-refractivity contribution in [1.29, 1.82) is 0 Å². The van der Waals surface area contributed by atoms with E-state index in [1.807, 2.05) is 24.8 Å². The van der Waals surface area contributed by atoms with Crippen molar-refractivity contribution in [2.45, 2.75) is 20.3 Å². The first kappa shape index (κ1) is 22.2. The van der Waals surface area contributed by atoms with E-state index in [1.54, 1.807) is 12.4 Å². The van der Waals surface area contributed by atoms with Gasteiger partial charge in [0.2, 0.25) is 11.9 Å². The average Bonchev–Trinajstić information content (AvgIpc) is 2.79. The first-order valence-electron chi connectivity index (χ1n) is 10.4. The smallest absolute Gasteiger partial charge is 0.271 e. The minimum atomic E-state index is -0.262. The topological polar surface area (TPSA) is 90.4 Å². The van der Waals surface area contributed by atoms with Crippen LogP contribution in [-0.2, 0) is 0 Å². The van der Waals surface area contributed by atoms with Crippen LogP contribution in [0.3, 0.4) is 0 Å². The van der Waals surface area contributed by atoms with E-state index in [-0.39, 0.29) is 16.6 Å². The van der Waals surface area contributed by atoms with Gasteiger partial charge in [-0.05, 0) is 32.9 Å². The number of anilines is 2. The first-order valence-corrected chi connectivity index (χ1v) is 10.8. The predicted molar refractivity (Wildman–Crippen MR) is 118 cm³/mol. The number of hydrogen-bond donors (Lipinski definition) is 1. The molecule has 2 aromatic heterocycles. The molecule has 0 atom stereocenters. The second kappa shape index (κ2) is 11.0. The van der Waals surface area contributed by atoms with E-state index in [9.17, 15) is 4.79 Å². The van der Waals surface area contributed by atoms with Gasteiger partial charge >= 0.3 is 0 Å². The lowest BCUT2D eigenvalue weighted by Crippen LogP contribution is -2.47. The molecule has 0 aliphatic carbocycles. The monoisotopic (exact) mass is 432 g/mol. The van der Waals surface area contributed by atoms with Crippen molar-refractivity contribution >= 4 is 29.4 Å². The van der Waals surface area contributed by atoms with Crippen LogP contribution >= 0.6 is 11.6 Å². The van der Waals surface area contributed by atoms with Gasteiger partial charge in [0, 0.05) is 58.2 Å². The molecule has 1 saturated heterocycles. The van der Waals surface area contributed by atoms with Gasteiger partial charge < -0.3 is 15.1 Å². The van der Waals surface area contributed by atoms with Crippen LogP contribution in [0.5, 0.6) is 0 Å². The van der Waals surface area contributed by atoms with E-state index in [1.165, 1.54) is 6.20 Å². The number of carbonyl (C=O) groups excluding carboxylic acids is 1. The normalized spacial score (nSPS) is 14.6. The van der Waals surface area contributed by atoms with Gasteiger partial charge in [0.1, 0.15) is 0 Å². The van der Waals surface area contributed by atoms with Crippen molar-refractivity contribution in [2.24, 2.45) is 0 Å². The summed E-state index contributed by atoms with van der Waals surface area (Å²) in [5.74, 6) is 1.05. The van der Waals surface area contributed by atoms with Gasteiger partial charge in [-0.2, -0.15) is 0 Å². The summed E-state index contributed by atoms with van der Waals surface area (Å²) in [5, 5.41) is 3.19. The minimum absolute atomic E-state index is 0.227. The second-order valence-corrected chi connectivity index (χ2v) is 7.43. The largest absolute Gasteiger partial charge is 0.351 e. The van der Waals surface area contributed by atoms with Crippen molar-refractivity contribution in [1.82, 2.24) is 30.2 Å². The number of nitrogens with zero attached hydrogens (tertiary/aromatic N) is 7. The summed E-state index contributed by atoms with van der Waals surface area (Å²) < 4.78 is 0. The molecular formula is C20H29ClN8O. The Bertz CT molecular complexity index is 810. The van der Waals surface area contributed by atoms with E-state index < -0.39 is 0 Å². The van der Waals surface area contributed by atoms with Crippen molar-refractivity contribution in [3.8, 4) is 0 Å². The molecule has 30 heavy (non-hydrogen) atoms. The zero-order chi connectivity index (χ0) is 21.3. The predicted octanol–water partition coefficient (Wildman–Crippen LogP) is 1.71. The molecule has 0 spiro atoms. The number of carbonyl (C=O) groups is 1. The first-order chi connectivity index (χ1) is 14.6. The molecular weight excluding hydrogens is 404 g/mol. The van der Waals surface area contributed by atoms with Crippen LogP contribution < -0.4 is 15.1 Å². The van der Waals surface area contributed by atoms with E-state index in [2.05, 4.69) is 35.1 Å². The fourth-order valence-electron chi connectivity index (χ4n) is 3.39. The van der Waals surface area contributed by atoms with Crippen LogP contribution in [0.1, 0.15) is 30.8 Å². The van der Waals surface area contributed by atoms with Gasteiger partial charge in [-0.1, -0.05) is 11.6 Å². The Morgan fingerprint density at radius 1 is 1.13 bits per heavy atom. The van der Waals surface area contributed by atoms with Gasteiger partial charge in [0.25, 0.3) is 5.91 Å². The van der Waals surface area contributed by atoms with E-state index in [0.29, 0.717) is 12.5 Å². The summed E-state index contributed by atoms with van der Waals surface area (Å²) >= 11 is 6.15. The molecule has 1 fully saturated rings. The fourth-order valence-corrected chi connectivity index (χ4v) is 3.57. The van der Waals surface area contributed by atoms with Crippen LogP contribution in [0.15, 0.2) is 24.7 Å². The number of nitrogens with one attached hydrogen (secondary N) is 1. The molecule has 10 heteroatoms. The number of amides is 1. The zero-order valence-corrected chi connectivity index (χ0v) is 18.3. The quantitative estimate of drug-likeness (QED) is 0.599. The molecule has 3 heterocycles. The number of rotatable bonds is 9. The van der Waals surface area contributed by atoms with Crippen LogP contribution in [0.4, 0.5) is 11.9 Å². The Morgan fingerprint density at radius 3 is 2.50 bits per heavy atom. The standard InChI is InChI=1S/C20H29ClN8O/c1-3-28(4-2)20-25-15-16(21)17(26-20)18(30)22-9-6-10-27-11-13-29(14-12-27)19-23-7-5-8-24-19/h5,7-8,15H,3-4,6,9-14H2,1-2H3,(H,22,30). The third-order valence-electron chi connectivity index (χ3n) is 5.14.